The molecule has 0 amide bonds. The lowest BCUT2D eigenvalue weighted by atomic mass is 9.88. The molecule has 1 aliphatic rings. The zero-order valence-electron chi connectivity index (χ0n) is 18.8. The van der Waals surface area contributed by atoms with Crippen LogP contribution in [0.25, 0.3) is 5.57 Å². The van der Waals surface area contributed by atoms with Gasteiger partial charge in [0.15, 0.2) is 0 Å². The second kappa shape index (κ2) is 9.58. The minimum absolute atomic E-state index is 0.0873. The van der Waals surface area contributed by atoms with E-state index >= 15 is 0 Å². The first-order valence-corrected chi connectivity index (χ1v) is 10.7. The van der Waals surface area contributed by atoms with Crippen LogP contribution in [0.1, 0.15) is 39.2 Å². The third-order valence-corrected chi connectivity index (χ3v) is 5.76. The number of hydrogen-bond donors (Lipinski definition) is 1. The molecule has 10 heteroatoms. The Kier molecular flexibility index (Phi) is 7.02. The predicted molar refractivity (Wildman–Crippen MR) is 127 cm³/mol. The average Bonchev–Trinajstić information content (AvgIpc) is 2.74. The number of non-ortho nitro benzene ring substituents is 1. The highest BCUT2D eigenvalue weighted by molar-refractivity contribution is 6.33. The van der Waals surface area contributed by atoms with Gasteiger partial charge in [-0.05, 0) is 44.9 Å². The summed E-state index contributed by atoms with van der Waals surface area (Å²) in [5.74, 6) is -0.334. The zero-order chi connectivity index (χ0) is 24.3. The van der Waals surface area contributed by atoms with Gasteiger partial charge in [0.25, 0.3) is 5.69 Å². The number of benzene rings is 2. The van der Waals surface area contributed by atoms with E-state index in [9.17, 15) is 14.9 Å². The molecule has 1 aliphatic heterocycles. The molecule has 0 atom stereocenters. The highest BCUT2D eigenvalue weighted by Gasteiger charge is 2.32. The SMILES string of the molecule is COc1cc2c(cc1N=Nc1ccc([N+](=O)[O-])cc1Cl)C(C)=CC(C)(C)N2CCCC(=O)O. The van der Waals surface area contributed by atoms with Crippen LogP contribution in [0.4, 0.5) is 22.7 Å². The molecule has 0 radical (unpaired) electrons. The minimum Gasteiger partial charge on any atom is -0.494 e. The molecule has 3 rings (SSSR count). The summed E-state index contributed by atoms with van der Waals surface area (Å²) >= 11 is 6.13. The fourth-order valence-corrected chi connectivity index (χ4v) is 4.14. The molecule has 2 aromatic carbocycles. The third kappa shape index (κ3) is 5.31. The molecular formula is C23H25ClN4O5. The van der Waals surface area contributed by atoms with Crippen LogP contribution in [0, 0.1) is 10.1 Å². The van der Waals surface area contributed by atoms with Crippen LogP contribution < -0.4 is 9.64 Å². The molecule has 2 aromatic rings. The number of rotatable bonds is 8. The first-order valence-electron chi connectivity index (χ1n) is 10.3. The van der Waals surface area contributed by atoms with Crippen molar-refractivity contribution in [2.45, 2.75) is 39.2 Å². The first kappa shape index (κ1) is 24.2. The van der Waals surface area contributed by atoms with Crippen LogP contribution in [0.3, 0.4) is 0 Å². The molecule has 1 N–H and O–H groups in total. The van der Waals surface area contributed by atoms with Gasteiger partial charge in [-0.3, -0.25) is 14.9 Å². The van der Waals surface area contributed by atoms with Crippen molar-refractivity contribution < 1.29 is 19.6 Å². The Hall–Kier alpha value is -3.46. The van der Waals surface area contributed by atoms with E-state index in [1.54, 1.807) is 0 Å². The fourth-order valence-electron chi connectivity index (χ4n) is 3.93. The number of nitro benzene ring substituents is 1. The number of methoxy groups -OCH3 is 1. The van der Waals surface area contributed by atoms with E-state index < -0.39 is 10.9 Å². The number of carboxylic acids is 1. The lowest BCUT2D eigenvalue weighted by Gasteiger charge is -2.43. The molecule has 0 bridgehead atoms. The van der Waals surface area contributed by atoms with Gasteiger partial charge >= 0.3 is 5.97 Å². The van der Waals surface area contributed by atoms with Gasteiger partial charge in [-0.15, -0.1) is 10.2 Å². The normalized spacial score (nSPS) is 14.7. The van der Waals surface area contributed by atoms with Gasteiger partial charge in [-0.1, -0.05) is 17.7 Å². The van der Waals surface area contributed by atoms with E-state index in [1.807, 2.05) is 19.1 Å². The summed E-state index contributed by atoms with van der Waals surface area (Å²) in [6.45, 7) is 6.74. The van der Waals surface area contributed by atoms with Crippen molar-refractivity contribution in [3.8, 4) is 5.75 Å². The lowest BCUT2D eigenvalue weighted by Crippen LogP contribution is -2.45. The molecule has 33 heavy (non-hydrogen) atoms. The van der Waals surface area contributed by atoms with Crippen molar-refractivity contribution in [2.75, 3.05) is 18.6 Å². The number of carbonyl (C=O) groups is 1. The summed E-state index contributed by atoms with van der Waals surface area (Å²) in [5, 5.41) is 28.5. The Balaban J connectivity index is 2.00. The Bertz CT molecular complexity index is 1160. The first-order chi connectivity index (χ1) is 15.5. The van der Waals surface area contributed by atoms with E-state index in [2.05, 4.69) is 35.1 Å². The van der Waals surface area contributed by atoms with Crippen LogP contribution in [-0.4, -0.2) is 35.2 Å². The number of allylic oxidation sites excluding steroid dienone is 1. The Morgan fingerprint density at radius 2 is 1.94 bits per heavy atom. The van der Waals surface area contributed by atoms with Crippen LogP contribution >= 0.6 is 11.6 Å². The van der Waals surface area contributed by atoms with Gasteiger partial charge in [-0.25, -0.2) is 0 Å². The predicted octanol–water partition coefficient (Wildman–Crippen LogP) is 6.54. The second-order valence-corrected chi connectivity index (χ2v) is 8.67. The average molecular weight is 473 g/mol. The second-order valence-electron chi connectivity index (χ2n) is 8.26. The Morgan fingerprint density at radius 1 is 1.24 bits per heavy atom. The standard InChI is InChI=1S/C23H25ClN4O5/c1-14-13-23(2,3)27(9-5-6-22(29)30)20-12-21(33-4)19(11-16(14)20)26-25-18-8-7-15(28(31)32)10-17(18)24/h7-8,10-13H,5-6,9H2,1-4H3,(H,29,30). The number of nitrogens with zero attached hydrogens (tertiary/aromatic N) is 4. The van der Waals surface area contributed by atoms with Crippen LogP contribution in [-0.2, 0) is 4.79 Å². The van der Waals surface area contributed by atoms with Gasteiger partial charge in [0.1, 0.15) is 17.1 Å². The zero-order valence-corrected chi connectivity index (χ0v) is 19.6. The Labute approximate surface area is 196 Å². The fraction of sp³-hybridized carbons (Fsp3) is 0.348. The van der Waals surface area contributed by atoms with Crippen molar-refractivity contribution >= 4 is 45.9 Å². The monoisotopic (exact) mass is 472 g/mol. The summed E-state index contributed by atoms with van der Waals surface area (Å²) in [6, 6.07) is 7.72. The number of fused-ring (bicyclic) bond motifs is 1. The van der Waals surface area contributed by atoms with Gasteiger partial charge < -0.3 is 14.7 Å². The molecule has 0 saturated heterocycles. The van der Waals surface area contributed by atoms with Crippen molar-refractivity contribution in [1.82, 2.24) is 0 Å². The highest BCUT2D eigenvalue weighted by atomic mass is 35.5. The smallest absolute Gasteiger partial charge is 0.303 e. The molecule has 174 valence electrons. The summed E-state index contributed by atoms with van der Waals surface area (Å²) in [4.78, 5) is 23.5. The van der Waals surface area contributed by atoms with Crippen molar-refractivity contribution in [1.29, 1.82) is 0 Å². The summed E-state index contributed by atoms with van der Waals surface area (Å²) in [6.07, 6.45) is 2.73. The van der Waals surface area contributed by atoms with Gasteiger partial charge in [0.05, 0.1) is 22.6 Å². The highest BCUT2D eigenvalue weighted by Crippen LogP contribution is 2.45. The molecule has 0 fully saturated rings. The number of aliphatic carboxylic acids is 1. The van der Waals surface area contributed by atoms with Gasteiger partial charge in [0, 0.05) is 42.4 Å². The van der Waals surface area contributed by atoms with E-state index in [0.717, 1.165) is 16.8 Å². The topological polar surface area (TPSA) is 118 Å². The molecule has 0 unspecified atom stereocenters. The van der Waals surface area contributed by atoms with Gasteiger partial charge in [0.2, 0.25) is 0 Å². The van der Waals surface area contributed by atoms with E-state index in [1.165, 1.54) is 25.3 Å². The molecule has 0 aromatic heterocycles. The number of hydrogen-bond acceptors (Lipinski definition) is 7. The molecule has 0 saturated carbocycles. The molecular weight excluding hydrogens is 448 g/mol. The maximum absolute atomic E-state index is 11.0. The number of halogens is 1. The summed E-state index contributed by atoms with van der Waals surface area (Å²) < 4.78 is 5.56. The van der Waals surface area contributed by atoms with Gasteiger partial charge in [-0.2, -0.15) is 0 Å². The summed E-state index contributed by atoms with van der Waals surface area (Å²) in [7, 11) is 1.53. The van der Waals surface area contributed by atoms with Crippen LogP contribution in [0.5, 0.6) is 5.75 Å². The number of ether oxygens (including phenoxy) is 1. The maximum Gasteiger partial charge on any atom is 0.303 e. The van der Waals surface area contributed by atoms with Crippen LogP contribution in [0.2, 0.25) is 5.02 Å². The molecule has 0 spiro atoms. The number of nitro groups is 1. The van der Waals surface area contributed by atoms with E-state index in [-0.39, 0.29) is 22.7 Å². The van der Waals surface area contributed by atoms with E-state index in [4.69, 9.17) is 21.4 Å². The number of anilines is 1. The number of azo groups is 1. The molecule has 0 aliphatic carbocycles. The van der Waals surface area contributed by atoms with Crippen LogP contribution in [0.15, 0.2) is 46.6 Å². The minimum atomic E-state index is -0.824. The van der Waals surface area contributed by atoms with Crippen molar-refractivity contribution in [3.63, 3.8) is 0 Å². The molecule has 9 nitrogen and oxygen atoms in total. The Morgan fingerprint density at radius 3 is 2.55 bits per heavy atom. The van der Waals surface area contributed by atoms with E-state index in [0.29, 0.717) is 30.1 Å². The third-order valence-electron chi connectivity index (χ3n) is 5.46. The van der Waals surface area contributed by atoms with Crippen molar-refractivity contribution in [2.24, 2.45) is 10.2 Å². The largest absolute Gasteiger partial charge is 0.494 e. The van der Waals surface area contributed by atoms with Crippen molar-refractivity contribution in [3.05, 3.63) is 57.1 Å². The lowest BCUT2D eigenvalue weighted by molar-refractivity contribution is -0.384. The quantitative estimate of drug-likeness (QED) is 0.265. The summed E-state index contributed by atoms with van der Waals surface area (Å²) in [5.41, 5.74) is 3.25. The maximum atomic E-state index is 11.0. The molecule has 1 heterocycles. The number of carboxylic acid groups (broad SMARTS) is 1.